The molecule has 0 bridgehead atoms. The average molecular weight is 499 g/mol. The highest BCUT2D eigenvalue weighted by molar-refractivity contribution is 6.24. The van der Waals surface area contributed by atoms with Crippen LogP contribution in [-0.4, -0.2) is 38.1 Å². The van der Waals surface area contributed by atoms with Crippen LogP contribution in [0.4, 0.5) is 5.69 Å². The van der Waals surface area contributed by atoms with Gasteiger partial charge in [0.05, 0.1) is 24.6 Å². The highest BCUT2D eigenvalue weighted by Gasteiger charge is 2.69. The summed E-state index contributed by atoms with van der Waals surface area (Å²) in [5, 5.41) is 3.43. The minimum Gasteiger partial charge on any atom is -0.486 e. The van der Waals surface area contributed by atoms with Gasteiger partial charge in [-0.2, -0.15) is 0 Å². The molecule has 6 rings (SSSR count). The number of nitrogens with one attached hydrogen (secondary N) is 1. The molecule has 2 amide bonds. The Morgan fingerprint density at radius 1 is 0.946 bits per heavy atom. The molecular formula is C29H26N2O6. The second kappa shape index (κ2) is 8.74. The van der Waals surface area contributed by atoms with Crippen LogP contribution in [0, 0.1) is 18.8 Å². The Hall–Kier alpha value is -4.17. The lowest BCUT2D eigenvalue weighted by atomic mass is 9.75. The van der Waals surface area contributed by atoms with Crippen LogP contribution in [0.5, 0.6) is 11.5 Å². The number of hydrogen-bond acceptors (Lipinski definition) is 7. The van der Waals surface area contributed by atoms with Crippen LogP contribution in [-0.2, 0) is 24.7 Å². The van der Waals surface area contributed by atoms with Crippen LogP contribution in [0.1, 0.15) is 22.7 Å². The normalized spacial score (nSPS) is 26.2. The van der Waals surface area contributed by atoms with Crippen molar-refractivity contribution in [1.29, 1.82) is 0 Å². The van der Waals surface area contributed by atoms with Crippen molar-refractivity contribution in [2.24, 2.45) is 11.8 Å². The van der Waals surface area contributed by atoms with Crippen molar-refractivity contribution in [1.82, 2.24) is 5.32 Å². The molecule has 0 saturated carbocycles. The van der Waals surface area contributed by atoms with Crippen molar-refractivity contribution in [2.45, 2.75) is 18.5 Å². The number of nitrogens with zero attached hydrogens (tertiary/aromatic N) is 1. The molecular weight excluding hydrogens is 472 g/mol. The van der Waals surface area contributed by atoms with Crippen molar-refractivity contribution in [3.8, 4) is 11.5 Å². The molecule has 2 fully saturated rings. The first-order valence-corrected chi connectivity index (χ1v) is 12.2. The smallest absolute Gasteiger partial charge is 0.331 e. The Morgan fingerprint density at radius 2 is 1.65 bits per heavy atom. The lowest BCUT2D eigenvalue weighted by Gasteiger charge is -2.33. The average Bonchev–Trinajstić information content (AvgIpc) is 3.42. The molecule has 8 nitrogen and oxygen atoms in total. The molecule has 0 aromatic heterocycles. The van der Waals surface area contributed by atoms with Gasteiger partial charge in [-0.25, -0.2) is 9.69 Å². The number of hydrogen-bond donors (Lipinski definition) is 1. The van der Waals surface area contributed by atoms with E-state index >= 15 is 0 Å². The van der Waals surface area contributed by atoms with Crippen molar-refractivity contribution in [3.05, 3.63) is 89.5 Å². The van der Waals surface area contributed by atoms with Crippen LogP contribution >= 0.6 is 0 Å². The zero-order valence-corrected chi connectivity index (χ0v) is 20.5. The van der Waals surface area contributed by atoms with Gasteiger partial charge in [0.25, 0.3) is 0 Å². The Labute approximate surface area is 214 Å². The number of benzene rings is 3. The summed E-state index contributed by atoms with van der Waals surface area (Å²) in [7, 11) is 1.30. The Morgan fingerprint density at radius 3 is 2.38 bits per heavy atom. The van der Waals surface area contributed by atoms with Crippen LogP contribution < -0.4 is 19.7 Å². The van der Waals surface area contributed by atoms with Crippen molar-refractivity contribution in [3.63, 3.8) is 0 Å². The minimum atomic E-state index is -1.55. The predicted octanol–water partition coefficient (Wildman–Crippen LogP) is 3.28. The van der Waals surface area contributed by atoms with Gasteiger partial charge in [0.1, 0.15) is 13.2 Å². The summed E-state index contributed by atoms with van der Waals surface area (Å²) in [6, 6.07) is 21.1. The summed E-state index contributed by atoms with van der Waals surface area (Å²) >= 11 is 0. The van der Waals surface area contributed by atoms with Gasteiger partial charge in [0, 0.05) is 12.1 Å². The van der Waals surface area contributed by atoms with Gasteiger partial charge < -0.3 is 14.2 Å². The number of aryl methyl sites for hydroxylation is 1. The molecule has 3 heterocycles. The number of carbonyl (C=O) groups is 3. The maximum atomic E-state index is 14.2. The van der Waals surface area contributed by atoms with E-state index in [0.29, 0.717) is 36.0 Å². The lowest BCUT2D eigenvalue weighted by Crippen LogP contribution is -2.53. The summed E-state index contributed by atoms with van der Waals surface area (Å²) in [4.78, 5) is 43.2. The number of carbonyl (C=O) groups excluding carboxylic acids is 3. The summed E-state index contributed by atoms with van der Waals surface area (Å²) in [6.07, 6.45) is 0. The third-order valence-corrected chi connectivity index (χ3v) is 7.60. The van der Waals surface area contributed by atoms with Crippen LogP contribution in [0.25, 0.3) is 0 Å². The molecule has 2 saturated heterocycles. The van der Waals surface area contributed by atoms with Crippen molar-refractivity contribution in [2.75, 3.05) is 25.2 Å². The third-order valence-electron chi connectivity index (χ3n) is 7.60. The molecule has 8 heteroatoms. The minimum absolute atomic E-state index is 0.377. The Kier molecular flexibility index (Phi) is 5.49. The standard InChI is InChI=1S/C29H26N2O6/c1-17-8-6-7-11-20(17)25-23-24(29(30-25,28(34)35-2)18-9-4-3-5-10-18)27(33)31(26(23)32)19-12-13-21-22(16-19)37-15-14-36-21/h3-13,16,23-25,30H,14-15H2,1-2H3/t23-,24+,25-,29-/m1/s1. The number of imide groups is 1. The fraction of sp³-hybridized carbons (Fsp3) is 0.276. The Bertz CT molecular complexity index is 1410. The molecule has 0 spiro atoms. The zero-order chi connectivity index (χ0) is 25.7. The van der Waals surface area contributed by atoms with Crippen LogP contribution in [0.2, 0.25) is 0 Å². The van der Waals surface area contributed by atoms with Gasteiger partial charge >= 0.3 is 5.97 Å². The zero-order valence-electron chi connectivity index (χ0n) is 20.5. The summed E-state index contributed by atoms with van der Waals surface area (Å²) in [6.45, 7) is 2.76. The number of rotatable bonds is 4. The number of esters is 1. The maximum Gasteiger partial charge on any atom is 0.331 e. The van der Waals surface area contributed by atoms with Gasteiger partial charge in [0.15, 0.2) is 17.0 Å². The first-order chi connectivity index (χ1) is 18.0. The molecule has 4 atom stereocenters. The van der Waals surface area contributed by atoms with E-state index in [4.69, 9.17) is 14.2 Å². The van der Waals surface area contributed by atoms with E-state index in [-0.39, 0.29) is 5.91 Å². The molecule has 3 aliphatic heterocycles. The molecule has 3 aromatic carbocycles. The van der Waals surface area contributed by atoms with Gasteiger partial charge in [-0.3, -0.25) is 14.9 Å². The lowest BCUT2D eigenvalue weighted by molar-refractivity contribution is -0.152. The first-order valence-electron chi connectivity index (χ1n) is 12.2. The highest BCUT2D eigenvalue weighted by Crippen LogP contribution is 2.54. The third kappa shape index (κ3) is 3.36. The second-order valence-electron chi connectivity index (χ2n) is 9.49. The van der Waals surface area contributed by atoms with Gasteiger partial charge in [-0.1, -0.05) is 54.6 Å². The topological polar surface area (TPSA) is 94.2 Å². The summed E-state index contributed by atoms with van der Waals surface area (Å²) in [5.74, 6) is -2.29. The van der Waals surface area contributed by atoms with Crippen molar-refractivity contribution < 1.29 is 28.6 Å². The SMILES string of the molecule is COC(=O)[C@]1(c2ccccc2)N[C@H](c2ccccc2C)[C@@H]2C(=O)N(c3ccc4c(c3)OCCO4)C(=O)[C@H]21. The molecule has 188 valence electrons. The first kappa shape index (κ1) is 23.2. The van der Waals surface area contributed by atoms with Gasteiger partial charge in [-0.15, -0.1) is 0 Å². The van der Waals surface area contributed by atoms with Crippen molar-refractivity contribution >= 4 is 23.5 Å². The number of fused-ring (bicyclic) bond motifs is 2. The van der Waals surface area contributed by atoms with Crippen LogP contribution in [0.15, 0.2) is 72.8 Å². The molecule has 37 heavy (non-hydrogen) atoms. The Balaban J connectivity index is 1.54. The monoisotopic (exact) mass is 498 g/mol. The summed E-state index contributed by atoms with van der Waals surface area (Å²) < 4.78 is 16.6. The number of methoxy groups -OCH3 is 1. The molecule has 0 radical (unpaired) electrons. The molecule has 0 aliphatic carbocycles. The quantitative estimate of drug-likeness (QED) is 0.436. The second-order valence-corrected chi connectivity index (χ2v) is 9.49. The van der Waals surface area contributed by atoms with Gasteiger partial charge in [-0.05, 0) is 35.7 Å². The number of anilines is 1. The molecule has 3 aliphatic rings. The fourth-order valence-electron chi connectivity index (χ4n) is 5.97. The van der Waals surface area contributed by atoms with E-state index in [9.17, 15) is 14.4 Å². The predicted molar refractivity (Wildman–Crippen MR) is 134 cm³/mol. The highest BCUT2D eigenvalue weighted by atomic mass is 16.6. The van der Waals surface area contributed by atoms with E-state index < -0.39 is 35.3 Å². The van der Waals surface area contributed by atoms with Gasteiger partial charge in [0.2, 0.25) is 11.8 Å². The van der Waals surface area contributed by atoms with E-state index in [0.717, 1.165) is 11.1 Å². The fourth-order valence-corrected chi connectivity index (χ4v) is 5.97. The van der Waals surface area contributed by atoms with E-state index in [1.807, 2.05) is 37.3 Å². The molecule has 3 aromatic rings. The largest absolute Gasteiger partial charge is 0.486 e. The molecule has 0 unspecified atom stereocenters. The molecule has 1 N–H and O–H groups in total. The maximum absolute atomic E-state index is 14.2. The summed E-state index contributed by atoms with van der Waals surface area (Å²) in [5.41, 5.74) is 1.19. The van der Waals surface area contributed by atoms with E-state index in [2.05, 4.69) is 5.32 Å². The number of amides is 2. The van der Waals surface area contributed by atoms with E-state index in [1.165, 1.54) is 12.0 Å². The van der Waals surface area contributed by atoms with E-state index in [1.54, 1.807) is 42.5 Å². The number of ether oxygens (including phenoxy) is 3. The van der Waals surface area contributed by atoms with Crippen LogP contribution in [0.3, 0.4) is 0 Å².